The van der Waals surface area contributed by atoms with Crippen LogP contribution in [0.1, 0.15) is 40.0 Å². The fourth-order valence-electron chi connectivity index (χ4n) is 1.86. The van der Waals surface area contributed by atoms with E-state index in [1.54, 1.807) is 12.1 Å². The summed E-state index contributed by atoms with van der Waals surface area (Å²) in [5, 5.41) is 8.98. The van der Waals surface area contributed by atoms with Gasteiger partial charge >= 0.3 is 0 Å². The highest BCUT2D eigenvalue weighted by Gasteiger charge is 2.37. The summed E-state index contributed by atoms with van der Waals surface area (Å²) < 4.78 is 11.7. The molecule has 1 heterocycles. The van der Waals surface area contributed by atoms with E-state index in [9.17, 15) is 0 Å². The summed E-state index contributed by atoms with van der Waals surface area (Å²) in [7, 11) is -1.95. The van der Waals surface area contributed by atoms with Gasteiger partial charge in [0.25, 0.3) is 5.89 Å². The maximum atomic E-state index is 6.25. The Morgan fingerprint density at radius 3 is 2.48 bits per heavy atom. The van der Waals surface area contributed by atoms with Crippen molar-refractivity contribution in [2.24, 2.45) is 5.16 Å². The first kappa shape index (κ1) is 21.6. The Balaban J connectivity index is 2.21. The van der Waals surface area contributed by atoms with Gasteiger partial charge in [0.15, 0.2) is 14.0 Å². The molecule has 2 rings (SSSR count). The molecule has 0 bridgehead atoms. The number of oxime groups is 1. The smallest absolute Gasteiger partial charge is 0.278 e. The molecule has 0 atom stereocenters. The first-order valence-corrected chi connectivity index (χ1v) is 12.4. The fourth-order valence-corrected chi connectivity index (χ4v) is 2.92. The standard InChI is InChI=1S/C19H28ClN3O3Si/c1-7-12-24-22-16(13-25-27(5,6)19(2,3)4)18-21-17(23-26-18)14-8-10-15(20)11-9-14/h8-11H,7,12-13H2,1-6H3. The van der Waals surface area contributed by atoms with Gasteiger partial charge in [-0.15, -0.1) is 0 Å². The Morgan fingerprint density at radius 2 is 1.89 bits per heavy atom. The van der Waals surface area contributed by atoms with E-state index in [0.717, 1.165) is 12.0 Å². The van der Waals surface area contributed by atoms with Crippen LogP contribution in [0.4, 0.5) is 0 Å². The molecule has 0 amide bonds. The largest absolute Gasteiger partial charge is 0.411 e. The second-order valence-electron chi connectivity index (χ2n) is 7.85. The van der Waals surface area contributed by atoms with Gasteiger partial charge in [0.1, 0.15) is 6.61 Å². The molecule has 0 aliphatic carbocycles. The highest BCUT2D eigenvalue weighted by Crippen LogP contribution is 2.36. The van der Waals surface area contributed by atoms with Crippen LogP contribution in [0.2, 0.25) is 23.2 Å². The zero-order valence-corrected chi connectivity index (χ0v) is 18.6. The predicted octanol–water partition coefficient (Wildman–Crippen LogP) is 5.54. The monoisotopic (exact) mass is 409 g/mol. The average molecular weight is 410 g/mol. The summed E-state index contributed by atoms with van der Waals surface area (Å²) in [5.41, 5.74) is 1.31. The highest BCUT2D eigenvalue weighted by atomic mass is 35.5. The summed E-state index contributed by atoms with van der Waals surface area (Å²) in [6.45, 7) is 13.7. The summed E-state index contributed by atoms with van der Waals surface area (Å²) in [5.74, 6) is 0.770. The lowest BCUT2D eigenvalue weighted by Crippen LogP contribution is -2.42. The lowest BCUT2D eigenvalue weighted by molar-refractivity contribution is 0.142. The Labute approximate surface area is 167 Å². The van der Waals surface area contributed by atoms with Crippen molar-refractivity contribution in [1.82, 2.24) is 10.1 Å². The van der Waals surface area contributed by atoms with Crippen molar-refractivity contribution in [3.05, 3.63) is 35.2 Å². The number of rotatable bonds is 8. The van der Waals surface area contributed by atoms with Gasteiger partial charge in [-0.2, -0.15) is 4.98 Å². The number of nitrogens with zero attached hydrogens (tertiary/aromatic N) is 3. The molecule has 0 aliphatic heterocycles. The van der Waals surface area contributed by atoms with E-state index in [0.29, 0.717) is 29.1 Å². The van der Waals surface area contributed by atoms with Gasteiger partial charge < -0.3 is 13.8 Å². The van der Waals surface area contributed by atoms with Crippen molar-refractivity contribution in [1.29, 1.82) is 0 Å². The van der Waals surface area contributed by atoms with E-state index in [-0.39, 0.29) is 11.6 Å². The zero-order valence-electron chi connectivity index (χ0n) is 16.9. The summed E-state index contributed by atoms with van der Waals surface area (Å²) in [4.78, 5) is 9.81. The molecule has 0 saturated heterocycles. The van der Waals surface area contributed by atoms with Gasteiger partial charge in [0, 0.05) is 10.6 Å². The van der Waals surface area contributed by atoms with Crippen LogP contribution in [-0.2, 0) is 9.26 Å². The van der Waals surface area contributed by atoms with Gasteiger partial charge in [-0.05, 0) is 48.8 Å². The molecule has 0 spiro atoms. The molecule has 0 aliphatic rings. The molecule has 148 valence electrons. The third-order valence-electron chi connectivity index (χ3n) is 4.62. The van der Waals surface area contributed by atoms with Crippen LogP contribution in [0, 0.1) is 0 Å². The molecule has 0 unspecified atom stereocenters. The first-order valence-electron chi connectivity index (χ1n) is 9.07. The van der Waals surface area contributed by atoms with E-state index >= 15 is 0 Å². The molecular formula is C19H28ClN3O3Si. The molecule has 1 aromatic carbocycles. The van der Waals surface area contributed by atoms with E-state index in [1.807, 2.05) is 19.1 Å². The zero-order chi connectivity index (χ0) is 20.1. The average Bonchev–Trinajstić information content (AvgIpc) is 3.07. The fraction of sp³-hybridized carbons (Fsp3) is 0.526. The SMILES string of the molecule is CCCON=C(CO[Si](C)(C)C(C)(C)C)c1nc(-c2ccc(Cl)cc2)no1. The van der Waals surface area contributed by atoms with E-state index in [4.69, 9.17) is 25.4 Å². The molecule has 0 fully saturated rings. The van der Waals surface area contributed by atoms with Crippen LogP contribution in [0.25, 0.3) is 11.4 Å². The van der Waals surface area contributed by atoms with E-state index in [2.05, 4.69) is 49.2 Å². The van der Waals surface area contributed by atoms with Crippen LogP contribution >= 0.6 is 11.6 Å². The van der Waals surface area contributed by atoms with Crippen LogP contribution in [0.3, 0.4) is 0 Å². The van der Waals surface area contributed by atoms with Gasteiger partial charge in [-0.1, -0.05) is 49.6 Å². The minimum absolute atomic E-state index is 0.0890. The van der Waals surface area contributed by atoms with Crippen molar-refractivity contribution < 1.29 is 13.8 Å². The van der Waals surface area contributed by atoms with E-state index in [1.165, 1.54) is 0 Å². The molecule has 1 aromatic heterocycles. The Morgan fingerprint density at radius 1 is 1.22 bits per heavy atom. The normalized spacial score (nSPS) is 13.1. The lowest BCUT2D eigenvalue weighted by atomic mass is 10.2. The van der Waals surface area contributed by atoms with Crippen LogP contribution in [0.15, 0.2) is 33.9 Å². The van der Waals surface area contributed by atoms with Crippen LogP contribution < -0.4 is 0 Å². The summed E-state index contributed by atoms with van der Waals surface area (Å²) >= 11 is 5.93. The van der Waals surface area contributed by atoms with Crippen molar-refractivity contribution in [3.8, 4) is 11.4 Å². The maximum Gasteiger partial charge on any atom is 0.278 e. The number of aromatic nitrogens is 2. The molecule has 6 nitrogen and oxygen atoms in total. The highest BCUT2D eigenvalue weighted by molar-refractivity contribution is 6.74. The van der Waals surface area contributed by atoms with Crippen molar-refractivity contribution in [3.63, 3.8) is 0 Å². The molecular weight excluding hydrogens is 382 g/mol. The van der Waals surface area contributed by atoms with Crippen molar-refractivity contribution in [2.75, 3.05) is 13.2 Å². The first-order chi connectivity index (χ1) is 12.6. The van der Waals surface area contributed by atoms with Gasteiger partial charge in [-0.25, -0.2) is 0 Å². The molecule has 27 heavy (non-hydrogen) atoms. The van der Waals surface area contributed by atoms with Gasteiger partial charge in [0.05, 0.1) is 6.61 Å². The number of benzene rings is 1. The van der Waals surface area contributed by atoms with Crippen LogP contribution in [0.5, 0.6) is 0 Å². The predicted molar refractivity (Wildman–Crippen MR) is 111 cm³/mol. The van der Waals surface area contributed by atoms with Crippen LogP contribution in [-0.4, -0.2) is 37.4 Å². The van der Waals surface area contributed by atoms with Crippen molar-refractivity contribution in [2.45, 2.75) is 52.2 Å². The number of hydrogen-bond donors (Lipinski definition) is 0. The Hall–Kier alpha value is -1.70. The van der Waals surface area contributed by atoms with E-state index < -0.39 is 8.32 Å². The Kier molecular flexibility index (Phi) is 7.19. The second-order valence-corrected chi connectivity index (χ2v) is 13.1. The minimum atomic E-state index is -1.95. The Bertz CT molecular complexity index is 767. The molecule has 0 radical (unpaired) electrons. The summed E-state index contributed by atoms with van der Waals surface area (Å²) in [6.07, 6.45) is 0.861. The number of hydrogen-bond acceptors (Lipinski definition) is 6. The number of halogens is 1. The molecule has 8 heteroatoms. The van der Waals surface area contributed by atoms with Gasteiger partial charge in [-0.3, -0.25) is 0 Å². The second kappa shape index (κ2) is 8.99. The molecule has 0 N–H and O–H groups in total. The quantitative estimate of drug-likeness (QED) is 0.247. The summed E-state index contributed by atoms with van der Waals surface area (Å²) in [6, 6.07) is 7.25. The van der Waals surface area contributed by atoms with Crippen molar-refractivity contribution >= 4 is 25.6 Å². The molecule has 2 aromatic rings. The third kappa shape index (κ3) is 5.89. The topological polar surface area (TPSA) is 69.7 Å². The molecule has 0 saturated carbocycles. The maximum absolute atomic E-state index is 6.25. The lowest BCUT2D eigenvalue weighted by Gasteiger charge is -2.35. The minimum Gasteiger partial charge on any atom is -0.411 e. The van der Waals surface area contributed by atoms with Gasteiger partial charge in [0.2, 0.25) is 5.82 Å². The third-order valence-corrected chi connectivity index (χ3v) is 9.35.